The molecule has 0 aliphatic carbocycles. The van der Waals surface area contributed by atoms with Gasteiger partial charge in [-0.15, -0.1) is 0 Å². The molecule has 6 heteroatoms. The van der Waals surface area contributed by atoms with E-state index in [0.29, 0.717) is 5.56 Å². The van der Waals surface area contributed by atoms with Crippen LogP contribution in [0.1, 0.15) is 54.4 Å². The Hall–Kier alpha value is -2.21. The molecule has 0 spiro atoms. The number of aliphatic hydroxyl groups excluding tert-OH is 1. The van der Waals surface area contributed by atoms with E-state index in [1.165, 1.54) is 6.33 Å². The van der Waals surface area contributed by atoms with Gasteiger partial charge < -0.3 is 10.8 Å². The van der Waals surface area contributed by atoms with Crippen molar-refractivity contribution in [3.05, 3.63) is 41.5 Å². The second-order valence-corrected chi connectivity index (χ2v) is 5.40. The number of hydrogen-bond donors (Lipinski definition) is 2. The lowest BCUT2D eigenvalue weighted by atomic mass is 9.95. The highest BCUT2D eigenvalue weighted by Gasteiger charge is 2.17. The van der Waals surface area contributed by atoms with E-state index >= 15 is 0 Å². The molecule has 21 heavy (non-hydrogen) atoms. The van der Waals surface area contributed by atoms with E-state index in [2.05, 4.69) is 10.1 Å². The molecule has 0 unspecified atom stereocenters. The first kappa shape index (κ1) is 15.2. The number of nitrogens with zero attached hydrogens (tertiary/aromatic N) is 3. The highest BCUT2D eigenvalue weighted by atomic mass is 16.3. The zero-order chi connectivity index (χ0) is 15.6. The SMILES string of the molecule is CC(C)c1ncnn1-c1ccc([C@H](C)CO)c(C(N)=O)c1. The summed E-state index contributed by atoms with van der Waals surface area (Å²) in [5.74, 6) is 0.356. The first-order valence-corrected chi connectivity index (χ1v) is 6.90. The van der Waals surface area contributed by atoms with E-state index in [9.17, 15) is 9.90 Å². The zero-order valence-corrected chi connectivity index (χ0v) is 12.4. The Morgan fingerprint density at radius 2 is 2.10 bits per heavy atom. The van der Waals surface area contributed by atoms with E-state index in [4.69, 9.17) is 5.73 Å². The summed E-state index contributed by atoms with van der Waals surface area (Å²) in [6, 6.07) is 5.36. The molecule has 0 saturated heterocycles. The standard InChI is InChI=1S/C15H20N4O2/c1-9(2)15-17-8-18-19(15)11-4-5-12(10(3)7-20)13(6-11)14(16)21/h4-6,8-10,20H,7H2,1-3H3,(H2,16,21)/t10-/m1/s1. The summed E-state index contributed by atoms with van der Waals surface area (Å²) in [5, 5.41) is 13.5. The number of hydrogen-bond acceptors (Lipinski definition) is 4. The molecule has 0 saturated carbocycles. The summed E-state index contributed by atoms with van der Waals surface area (Å²) in [7, 11) is 0. The van der Waals surface area contributed by atoms with Crippen molar-refractivity contribution in [3.8, 4) is 5.69 Å². The Balaban J connectivity index is 2.54. The van der Waals surface area contributed by atoms with Crippen LogP contribution in [0.25, 0.3) is 5.69 Å². The molecule has 3 N–H and O–H groups in total. The molecule has 0 aliphatic rings. The van der Waals surface area contributed by atoms with E-state index in [1.807, 2.05) is 32.9 Å². The van der Waals surface area contributed by atoms with Crippen LogP contribution in [-0.2, 0) is 0 Å². The van der Waals surface area contributed by atoms with E-state index in [0.717, 1.165) is 17.1 Å². The van der Waals surface area contributed by atoms with E-state index < -0.39 is 5.91 Å². The molecule has 1 aromatic carbocycles. The highest BCUT2D eigenvalue weighted by molar-refractivity contribution is 5.95. The topological polar surface area (TPSA) is 94.0 Å². The van der Waals surface area contributed by atoms with Gasteiger partial charge in [0, 0.05) is 24.0 Å². The minimum absolute atomic E-state index is 0.0415. The number of carbonyl (C=O) groups is 1. The number of carbonyl (C=O) groups excluding carboxylic acids is 1. The van der Waals surface area contributed by atoms with Crippen molar-refractivity contribution in [1.82, 2.24) is 14.8 Å². The molecule has 1 atom stereocenters. The maximum atomic E-state index is 11.7. The third kappa shape index (κ3) is 2.95. The third-order valence-electron chi connectivity index (χ3n) is 3.44. The molecular formula is C15H20N4O2. The van der Waals surface area contributed by atoms with Crippen molar-refractivity contribution >= 4 is 5.91 Å². The number of amides is 1. The molecule has 1 heterocycles. The molecule has 1 aromatic heterocycles. The fraction of sp³-hybridized carbons (Fsp3) is 0.400. The number of aliphatic hydroxyl groups is 1. The number of nitrogens with two attached hydrogens (primary N) is 1. The number of primary amides is 1. The number of benzene rings is 1. The minimum Gasteiger partial charge on any atom is -0.396 e. The summed E-state index contributed by atoms with van der Waals surface area (Å²) < 4.78 is 1.70. The van der Waals surface area contributed by atoms with Crippen molar-refractivity contribution in [2.75, 3.05) is 6.61 Å². The summed E-state index contributed by atoms with van der Waals surface area (Å²) >= 11 is 0. The van der Waals surface area contributed by atoms with Crippen molar-refractivity contribution in [3.63, 3.8) is 0 Å². The molecular weight excluding hydrogens is 268 g/mol. The molecule has 112 valence electrons. The molecule has 2 rings (SSSR count). The maximum absolute atomic E-state index is 11.7. The zero-order valence-electron chi connectivity index (χ0n) is 12.4. The van der Waals surface area contributed by atoms with Crippen molar-refractivity contribution < 1.29 is 9.90 Å². The maximum Gasteiger partial charge on any atom is 0.249 e. The van der Waals surface area contributed by atoms with Crippen LogP contribution < -0.4 is 5.73 Å². The number of rotatable bonds is 5. The first-order chi connectivity index (χ1) is 9.95. The van der Waals surface area contributed by atoms with Crippen LogP contribution in [0.15, 0.2) is 24.5 Å². The smallest absolute Gasteiger partial charge is 0.249 e. The van der Waals surface area contributed by atoms with Gasteiger partial charge in [0.2, 0.25) is 5.91 Å². The lowest BCUT2D eigenvalue weighted by Crippen LogP contribution is -2.17. The van der Waals surface area contributed by atoms with Gasteiger partial charge in [0.1, 0.15) is 12.2 Å². The molecule has 0 bridgehead atoms. The van der Waals surface area contributed by atoms with Crippen LogP contribution in [0.2, 0.25) is 0 Å². The van der Waals surface area contributed by atoms with Crippen LogP contribution in [0.4, 0.5) is 0 Å². The predicted octanol–water partition coefficient (Wildman–Crippen LogP) is 1.59. The average molecular weight is 288 g/mol. The van der Waals surface area contributed by atoms with Gasteiger partial charge in [0.15, 0.2) is 0 Å². The van der Waals surface area contributed by atoms with Crippen molar-refractivity contribution in [1.29, 1.82) is 0 Å². The quantitative estimate of drug-likeness (QED) is 0.873. The molecule has 0 fully saturated rings. The van der Waals surface area contributed by atoms with Crippen LogP contribution in [-0.4, -0.2) is 32.4 Å². The summed E-state index contributed by atoms with van der Waals surface area (Å²) in [6.45, 7) is 5.85. The fourth-order valence-electron chi connectivity index (χ4n) is 2.26. The largest absolute Gasteiger partial charge is 0.396 e. The lowest BCUT2D eigenvalue weighted by molar-refractivity contribution is 0.0998. The third-order valence-corrected chi connectivity index (χ3v) is 3.44. The van der Waals surface area contributed by atoms with Crippen molar-refractivity contribution in [2.45, 2.75) is 32.6 Å². The van der Waals surface area contributed by atoms with Crippen molar-refractivity contribution in [2.24, 2.45) is 5.73 Å². The van der Waals surface area contributed by atoms with Gasteiger partial charge in [-0.3, -0.25) is 4.79 Å². The first-order valence-electron chi connectivity index (χ1n) is 6.90. The van der Waals surface area contributed by atoms with Gasteiger partial charge in [-0.05, 0) is 17.7 Å². The molecule has 2 aromatic rings. The van der Waals surface area contributed by atoms with Crippen LogP contribution in [0.3, 0.4) is 0 Å². The predicted molar refractivity (Wildman–Crippen MR) is 79.5 cm³/mol. The van der Waals surface area contributed by atoms with Gasteiger partial charge in [0.25, 0.3) is 0 Å². The Kier molecular flexibility index (Phi) is 4.37. The van der Waals surface area contributed by atoms with Crippen LogP contribution in [0, 0.1) is 0 Å². The lowest BCUT2D eigenvalue weighted by Gasteiger charge is -2.15. The van der Waals surface area contributed by atoms with E-state index in [1.54, 1.807) is 10.7 Å². The van der Waals surface area contributed by atoms with Crippen LogP contribution >= 0.6 is 0 Å². The summed E-state index contributed by atoms with van der Waals surface area (Å²) in [5.41, 5.74) is 7.33. The Morgan fingerprint density at radius 3 is 2.67 bits per heavy atom. The van der Waals surface area contributed by atoms with Gasteiger partial charge >= 0.3 is 0 Å². The van der Waals surface area contributed by atoms with E-state index in [-0.39, 0.29) is 18.4 Å². The second-order valence-electron chi connectivity index (χ2n) is 5.40. The minimum atomic E-state index is -0.515. The average Bonchev–Trinajstić information content (AvgIpc) is 2.95. The molecule has 0 radical (unpaired) electrons. The Bertz CT molecular complexity index is 649. The highest BCUT2D eigenvalue weighted by Crippen LogP contribution is 2.24. The molecule has 1 amide bonds. The monoisotopic (exact) mass is 288 g/mol. The van der Waals surface area contributed by atoms with Gasteiger partial charge in [0.05, 0.1) is 5.69 Å². The number of aromatic nitrogens is 3. The fourth-order valence-corrected chi connectivity index (χ4v) is 2.26. The summed E-state index contributed by atoms with van der Waals surface area (Å²) in [6.07, 6.45) is 1.49. The second kappa shape index (κ2) is 6.05. The van der Waals surface area contributed by atoms with Crippen LogP contribution in [0.5, 0.6) is 0 Å². The van der Waals surface area contributed by atoms with Gasteiger partial charge in [-0.1, -0.05) is 26.8 Å². The summed E-state index contributed by atoms with van der Waals surface area (Å²) in [4.78, 5) is 15.9. The van der Waals surface area contributed by atoms with Gasteiger partial charge in [-0.2, -0.15) is 5.10 Å². The Labute approximate surface area is 123 Å². The molecule has 0 aliphatic heterocycles. The van der Waals surface area contributed by atoms with Gasteiger partial charge in [-0.25, -0.2) is 9.67 Å². The molecule has 6 nitrogen and oxygen atoms in total. The normalized spacial score (nSPS) is 12.6. The Morgan fingerprint density at radius 1 is 1.38 bits per heavy atom.